The van der Waals surface area contributed by atoms with E-state index in [0.717, 1.165) is 23.1 Å². The molecule has 0 spiro atoms. The lowest BCUT2D eigenvalue weighted by Crippen LogP contribution is -2.33. The summed E-state index contributed by atoms with van der Waals surface area (Å²) in [6, 6.07) is 14.7. The number of urea groups is 1. The SMILES string of the molecule is O=C(NCCNc1nc(-c2ccc(Cl)cc2)nc2cc(Cl)ccc12)Nc1ccc(F)cc1F. The molecule has 0 aliphatic rings. The normalized spacial score (nSPS) is 10.8. The van der Waals surface area contributed by atoms with Crippen LogP contribution in [-0.2, 0) is 0 Å². The van der Waals surface area contributed by atoms with Crippen molar-refractivity contribution in [3.8, 4) is 11.4 Å². The van der Waals surface area contributed by atoms with Crippen LogP contribution in [0.15, 0.2) is 60.7 Å². The molecule has 0 unspecified atom stereocenters. The summed E-state index contributed by atoms with van der Waals surface area (Å²) in [6.45, 7) is 0.540. The zero-order valence-corrected chi connectivity index (χ0v) is 18.5. The van der Waals surface area contributed by atoms with Gasteiger partial charge < -0.3 is 16.0 Å². The van der Waals surface area contributed by atoms with Crippen molar-refractivity contribution in [2.24, 2.45) is 0 Å². The molecular formula is C23H17Cl2F2N5O. The van der Waals surface area contributed by atoms with Crippen molar-refractivity contribution in [3.63, 3.8) is 0 Å². The van der Waals surface area contributed by atoms with Crippen LogP contribution in [0.25, 0.3) is 22.3 Å². The van der Waals surface area contributed by atoms with Crippen LogP contribution >= 0.6 is 23.2 Å². The van der Waals surface area contributed by atoms with Crippen LogP contribution in [0.4, 0.5) is 25.1 Å². The van der Waals surface area contributed by atoms with Gasteiger partial charge in [0.1, 0.15) is 17.5 Å². The van der Waals surface area contributed by atoms with Crippen LogP contribution in [-0.4, -0.2) is 29.1 Å². The molecule has 10 heteroatoms. The van der Waals surface area contributed by atoms with Gasteiger partial charge in [-0.3, -0.25) is 0 Å². The summed E-state index contributed by atoms with van der Waals surface area (Å²) in [5, 5.41) is 10.0. The Morgan fingerprint density at radius 3 is 2.39 bits per heavy atom. The van der Waals surface area contributed by atoms with Gasteiger partial charge in [-0.25, -0.2) is 23.5 Å². The largest absolute Gasteiger partial charge is 0.368 e. The molecule has 0 aliphatic heterocycles. The van der Waals surface area contributed by atoms with Crippen molar-refractivity contribution in [1.82, 2.24) is 15.3 Å². The minimum atomic E-state index is -0.857. The maximum absolute atomic E-state index is 13.7. The zero-order valence-electron chi connectivity index (χ0n) is 17.0. The van der Waals surface area contributed by atoms with E-state index >= 15 is 0 Å². The second kappa shape index (κ2) is 9.97. The predicted molar refractivity (Wildman–Crippen MR) is 127 cm³/mol. The molecule has 0 saturated heterocycles. The smallest absolute Gasteiger partial charge is 0.319 e. The monoisotopic (exact) mass is 487 g/mol. The van der Waals surface area contributed by atoms with Crippen molar-refractivity contribution < 1.29 is 13.6 Å². The number of nitrogens with one attached hydrogen (secondary N) is 3. The van der Waals surface area contributed by atoms with Crippen molar-refractivity contribution in [2.75, 3.05) is 23.7 Å². The van der Waals surface area contributed by atoms with Gasteiger partial charge in [0.05, 0.1) is 11.2 Å². The lowest BCUT2D eigenvalue weighted by atomic mass is 10.2. The molecule has 168 valence electrons. The molecule has 0 atom stereocenters. The average molecular weight is 488 g/mol. The van der Waals surface area contributed by atoms with E-state index in [9.17, 15) is 13.6 Å². The third-order valence-electron chi connectivity index (χ3n) is 4.64. The number of carbonyl (C=O) groups is 1. The first-order chi connectivity index (χ1) is 15.9. The minimum Gasteiger partial charge on any atom is -0.368 e. The van der Waals surface area contributed by atoms with Gasteiger partial charge in [0, 0.05) is 40.2 Å². The summed E-state index contributed by atoms with van der Waals surface area (Å²) in [4.78, 5) is 21.2. The first-order valence-electron chi connectivity index (χ1n) is 9.86. The molecule has 3 N–H and O–H groups in total. The van der Waals surface area contributed by atoms with Gasteiger partial charge in [-0.15, -0.1) is 0 Å². The van der Waals surface area contributed by atoms with Crippen LogP contribution in [0.5, 0.6) is 0 Å². The van der Waals surface area contributed by atoms with Crippen LogP contribution in [0, 0.1) is 11.6 Å². The highest BCUT2D eigenvalue weighted by molar-refractivity contribution is 6.31. The Labute approximate surface area is 198 Å². The molecule has 1 aromatic heterocycles. The molecule has 4 aromatic rings. The summed E-state index contributed by atoms with van der Waals surface area (Å²) >= 11 is 12.1. The first-order valence-corrected chi connectivity index (χ1v) is 10.6. The van der Waals surface area contributed by atoms with E-state index in [0.29, 0.717) is 39.8 Å². The highest BCUT2D eigenvalue weighted by atomic mass is 35.5. The topological polar surface area (TPSA) is 78.9 Å². The van der Waals surface area contributed by atoms with E-state index in [4.69, 9.17) is 23.2 Å². The number of anilines is 2. The second-order valence-corrected chi connectivity index (χ2v) is 7.87. The van der Waals surface area contributed by atoms with Crippen molar-refractivity contribution in [3.05, 3.63) is 82.3 Å². The fourth-order valence-corrected chi connectivity index (χ4v) is 3.37. The third kappa shape index (κ3) is 5.66. The van der Waals surface area contributed by atoms with Gasteiger partial charge in [-0.2, -0.15) is 0 Å². The molecule has 6 nitrogen and oxygen atoms in total. The minimum absolute atomic E-state index is 0.117. The number of fused-ring (bicyclic) bond motifs is 1. The number of hydrogen-bond acceptors (Lipinski definition) is 4. The zero-order chi connectivity index (χ0) is 23.4. The highest BCUT2D eigenvalue weighted by Crippen LogP contribution is 2.27. The molecule has 4 rings (SSSR count). The Bertz CT molecular complexity index is 1320. The Morgan fingerprint density at radius 2 is 1.64 bits per heavy atom. The highest BCUT2D eigenvalue weighted by Gasteiger charge is 2.11. The Hall–Kier alpha value is -3.49. The number of hydrogen-bond donors (Lipinski definition) is 3. The molecule has 0 saturated carbocycles. The Balaban J connectivity index is 1.45. The van der Waals surface area contributed by atoms with Gasteiger partial charge >= 0.3 is 6.03 Å². The van der Waals surface area contributed by atoms with E-state index in [1.165, 1.54) is 0 Å². The molecule has 33 heavy (non-hydrogen) atoms. The van der Waals surface area contributed by atoms with Crippen molar-refractivity contribution in [2.45, 2.75) is 0 Å². The molecule has 1 heterocycles. The standard InChI is InChI=1S/C23H17Cl2F2N5O/c24-14-3-1-13(2-4-14)21-30-20-11-15(25)5-7-17(20)22(32-21)28-9-10-29-23(33)31-19-8-6-16(26)12-18(19)27/h1-8,11-12H,9-10H2,(H,28,30,32)(H2,29,31,33). The summed E-state index contributed by atoms with van der Waals surface area (Å²) in [7, 11) is 0. The summed E-state index contributed by atoms with van der Waals surface area (Å²) in [5.41, 5.74) is 1.32. The van der Waals surface area contributed by atoms with E-state index in [1.807, 2.05) is 18.2 Å². The molecule has 3 aromatic carbocycles. The maximum Gasteiger partial charge on any atom is 0.319 e. The van der Waals surface area contributed by atoms with Crippen LogP contribution in [0.3, 0.4) is 0 Å². The third-order valence-corrected chi connectivity index (χ3v) is 5.13. The van der Waals surface area contributed by atoms with E-state index in [-0.39, 0.29) is 12.2 Å². The van der Waals surface area contributed by atoms with Gasteiger partial charge in [0.25, 0.3) is 0 Å². The first kappa shape index (κ1) is 22.7. The molecule has 0 fully saturated rings. The van der Waals surface area contributed by atoms with Gasteiger partial charge in [-0.05, 0) is 54.6 Å². The van der Waals surface area contributed by atoms with Crippen LogP contribution in [0.1, 0.15) is 0 Å². The lowest BCUT2D eigenvalue weighted by Gasteiger charge is -2.12. The van der Waals surface area contributed by atoms with Gasteiger partial charge in [0.15, 0.2) is 5.82 Å². The second-order valence-electron chi connectivity index (χ2n) is 7.00. The summed E-state index contributed by atoms with van der Waals surface area (Å²) in [6.07, 6.45) is 0. The fourth-order valence-electron chi connectivity index (χ4n) is 3.08. The summed E-state index contributed by atoms with van der Waals surface area (Å²) < 4.78 is 26.7. The molecular weight excluding hydrogens is 471 g/mol. The van der Waals surface area contributed by atoms with E-state index in [2.05, 4.69) is 25.9 Å². The number of benzene rings is 3. The molecule has 0 radical (unpaired) electrons. The average Bonchev–Trinajstić information content (AvgIpc) is 2.78. The van der Waals surface area contributed by atoms with E-state index < -0.39 is 17.7 Å². The van der Waals surface area contributed by atoms with Gasteiger partial charge in [-0.1, -0.05) is 23.2 Å². The lowest BCUT2D eigenvalue weighted by molar-refractivity contribution is 0.252. The number of aromatic nitrogens is 2. The number of rotatable bonds is 6. The molecule has 2 amide bonds. The Kier molecular flexibility index (Phi) is 6.86. The quantitative estimate of drug-likeness (QED) is 0.286. The van der Waals surface area contributed by atoms with Gasteiger partial charge in [0.2, 0.25) is 0 Å². The fraction of sp³-hybridized carbons (Fsp3) is 0.0870. The predicted octanol–water partition coefficient (Wildman–Crippen LogP) is 6.12. The van der Waals surface area contributed by atoms with Crippen molar-refractivity contribution in [1.29, 1.82) is 0 Å². The maximum atomic E-state index is 13.7. The van der Waals surface area contributed by atoms with E-state index in [1.54, 1.807) is 24.3 Å². The number of amides is 2. The number of halogens is 4. The number of nitrogens with zero attached hydrogens (tertiary/aromatic N) is 2. The molecule has 0 aliphatic carbocycles. The van der Waals surface area contributed by atoms with Crippen molar-refractivity contribution >= 4 is 51.6 Å². The summed E-state index contributed by atoms with van der Waals surface area (Å²) in [5.74, 6) is -0.530. The van der Waals surface area contributed by atoms with Crippen LogP contribution in [0.2, 0.25) is 10.0 Å². The Morgan fingerprint density at radius 1 is 0.879 bits per heavy atom. The number of carbonyl (C=O) groups excluding carboxylic acids is 1. The van der Waals surface area contributed by atoms with Crippen LogP contribution < -0.4 is 16.0 Å². The molecule has 0 bridgehead atoms.